The quantitative estimate of drug-likeness (QED) is 0.648. The second kappa shape index (κ2) is 8.21. The van der Waals surface area contributed by atoms with E-state index in [1.807, 2.05) is 0 Å². The van der Waals surface area contributed by atoms with Gasteiger partial charge in [0.15, 0.2) is 0 Å². The van der Waals surface area contributed by atoms with E-state index in [9.17, 15) is 0 Å². The van der Waals surface area contributed by atoms with Gasteiger partial charge in [0.25, 0.3) is 0 Å². The smallest absolute Gasteiger partial charge is 0.0477 e. The minimum absolute atomic E-state index is 0.235. The zero-order valence-corrected chi connectivity index (χ0v) is 10.1. The number of nitrogens with two attached hydrogens (primary N) is 1. The molecule has 0 aliphatic carbocycles. The van der Waals surface area contributed by atoms with Gasteiger partial charge in [-0.2, -0.15) is 0 Å². The minimum Gasteiger partial charge on any atom is -0.385 e. The van der Waals surface area contributed by atoms with Gasteiger partial charge in [0.1, 0.15) is 0 Å². The van der Waals surface area contributed by atoms with Gasteiger partial charge in [-0.15, -0.1) is 0 Å². The van der Waals surface area contributed by atoms with Crippen molar-refractivity contribution in [3.05, 3.63) is 0 Å². The predicted molar refractivity (Wildman–Crippen MR) is 61.5 cm³/mol. The van der Waals surface area contributed by atoms with Crippen LogP contribution in [0.2, 0.25) is 0 Å². The lowest BCUT2D eigenvalue weighted by Gasteiger charge is -2.27. The maximum absolute atomic E-state index is 5.97. The van der Waals surface area contributed by atoms with Crippen molar-refractivity contribution in [1.82, 2.24) is 4.90 Å². The Morgan fingerprint density at radius 1 is 1.36 bits per heavy atom. The molecule has 2 N–H and O–H groups in total. The molecule has 14 heavy (non-hydrogen) atoms. The van der Waals surface area contributed by atoms with Crippen LogP contribution < -0.4 is 5.73 Å². The molecule has 0 saturated heterocycles. The van der Waals surface area contributed by atoms with Crippen molar-refractivity contribution < 1.29 is 4.74 Å². The second-order valence-electron chi connectivity index (χ2n) is 4.12. The van der Waals surface area contributed by atoms with Gasteiger partial charge in [0, 0.05) is 32.3 Å². The number of hydrogen-bond acceptors (Lipinski definition) is 3. The van der Waals surface area contributed by atoms with Crippen molar-refractivity contribution in [3.8, 4) is 0 Å². The largest absolute Gasteiger partial charge is 0.385 e. The highest BCUT2D eigenvalue weighted by Crippen LogP contribution is 2.04. The molecular weight excluding hydrogens is 176 g/mol. The first kappa shape index (κ1) is 13.9. The molecule has 0 heterocycles. The maximum atomic E-state index is 5.97. The van der Waals surface area contributed by atoms with E-state index in [-0.39, 0.29) is 6.04 Å². The highest BCUT2D eigenvalue weighted by Gasteiger charge is 2.11. The summed E-state index contributed by atoms with van der Waals surface area (Å²) in [5, 5.41) is 0. The fraction of sp³-hybridized carbons (Fsp3) is 1.00. The zero-order chi connectivity index (χ0) is 11.0. The van der Waals surface area contributed by atoms with Crippen LogP contribution in [0.1, 0.15) is 33.1 Å². The summed E-state index contributed by atoms with van der Waals surface area (Å²) >= 11 is 0. The van der Waals surface area contributed by atoms with Crippen LogP contribution in [0.4, 0.5) is 0 Å². The van der Waals surface area contributed by atoms with E-state index in [0.717, 1.165) is 19.6 Å². The van der Waals surface area contributed by atoms with Crippen molar-refractivity contribution in [2.24, 2.45) is 5.73 Å². The van der Waals surface area contributed by atoms with E-state index in [1.165, 1.54) is 12.8 Å². The Hall–Kier alpha value is -0.120. The molecule has 86 valence electrons. The standard InChI is InChI=1S/C11H26N2O/c1-5-6-10(2)13(3)9-11(12)7-8-14-4/h10-11H,5-9,12H2,1-4H3. The molecule has 0 spiro atoms. The van der Waals surface area contributed by atoms with Crippen molar-refractivity contribution in [2.45, 2.75) is 45.2 Å². The lowest BCUT2D eigenvalue weighted by molar-refractivity contribution is 0.170. The number of likely N-dealkylation sites (N-methyl/N-ethyl adjacent to an activating group) is 1. The average Bonchev–Trinajstić information content (AvgIpc) is 2.15. The number of methoxy groups -OCH3 is 1. The minimum atomic E-state index is 0.235. The van der Waals surface area contributed by atoms with E-state index in [2.05, 4.69) is 25.8 Å². The third kappa shape index (κ3) is 6.35. The highest BCUT2D eigenvalue weighted by molar-refractivity contribution is 4.70. The topological polar surface area (TPSA) is 38.5 Å². The van der Waals surface area contributed by atoms with Gasteiger partial charge in [-0.25, -0.2) is 0 Å². The molecule has 2 atom stereocenters. The lowest BCUT2D eigenvalue weighted by Crippen LogP contribution is -2.40. The summed E-state index contributed by atoms with van der Waals surface area (Å²) in [6, 6.07) is 0.868. The Kier molecular flexibility index (Phi) is 8.14. The van der Waals surface area contributed by atoms with Gasteiger partial charge in [0.05, 0.1) is 0 Å². The first-order valence-corrected chi connectivity index (χ1v) is 5.56. The molecule has 0 amide bonds. The van der Waals surface area contributed by atoms with Gasteiger partial charge in [-0.05, 0) is 26.8 Å². The molecule has 0 aromatic heterocycles. The predicted octanol–water partition coefficient (Wildman–Crippen LogP) is 1.47. The molecule has 0 saturated carbocycles. The zero-order valence-electron chi connectivity index (χ0n) is 10.1. The van der Waals surface area contributed by atoms with Crippen LogP contribution in [0.25, 0.3) is 0 Å². The Morgan fingerprint density at radius 3 is 2.50 bits per heavy atom. The first-order chi connectivity index (χ1) is 6.61. The Morgan fingerprint density at radius 2 is 2.00 bits per heavy atom. The summed E-state index contributed by atoms with van der Waals surface area (Å²) in [5.41, 5.74) is 5.97. The van der Waals surface area contributed by atoms with Crippen LogP contribution in [0.5, 0.6) is 0 Å². The van der Waals surface area contributed by atoms with Crippen molar-refractivity contribution in [1.29, 1.82) is 0 Å². The van der Waals surface area contributed by atoms with Crippen LogP contribution in [-0.4, -0.2) is 44.3 Å². The van der Waals surface area contributed by atoms with Gasteiger partial charge in [-0.3, -0.25) is 0 Å². The summed E-state index contributed by atoms with van der Waals surface area (Å²) in [6.07, 6.45) is 3.42. The molecule has 3 nitrogen and oxygen atoms in total. The monoisotopic (exact) mass is 202 g/mol. The normalized spacial score (nSPS) is 15.9. The number of rotatable bonds is 8. The van der Waals surface area contributed by atoms with Gasteiger partial charge in [-0.1, -0.05) is 13.3 Å². The van der Waals surface area contributed by atoms with Gasteiger partial charge in [0.2, 0.25) is 0 Å². The fourth-order valence-corrected chi connectivity index (χ4v) is 1.55. The molecule has 0 aromatic carbocycles. The van der Waals surface area contributed by atoms with E-state index in [4.69, 9.17) is 10.5 Å². The molecule has 2 unspecified atom stereocenters. The summed E-state index contributed by atoms with van der Waals surface area (Å²) < 4.78 is 5.00. The van der Waals surface area contributed by atoms with Crippen molar-refractivity contribution in [2.75, 3.05) is 27.3 Å². The van der Waals surface area contributed by atoms with Crippen LogP contribution >= 0.6 is 0 Å². The molecule has 0 aliphatic heterocycles. The lowest BCUT2D eigenvalue weighted by atomic mass is 10.1. The summed E-state index contributed by atoms with van der Waals surface area (Å²) in [7, 11) is 3.86. The van der Waals surface area contributed by atoms with Gasteiger partial charge >= 0.3 is 0 Å². The molecular formula is C11H26N2O. The fourth-order valence-electron chi connectivity index (χ4n) is 1.55. The van der Waals surface area contributed by atoms with Crippen molar-refractivity contribution >= 4 is 0 Å². The van der Waals surface area contributed by atoms with Crippen molar-refractivity contribution in [3.63, 3.8) is 0 Å². The SMILES string of the molecule is CCCC(C)N(C)CC(N)CCOC. The van der Waals surface area contributed by atoms with Crippen LogP contribution in [0.3, 0.4) is 0 Å². The van der Waals surface area contributed by atoms with E-state index >= 15 is 0 Å². The van der Waals surface area contributed by atoms with Crippen LogP contribution in [0.15, 0.2) is 0 Å². The Bertz CT molecular complexity index is 130. The first-order valence-electron chi connectivity index (χ1n) is 5.56. The van der Waals surface area contributed by atoms with Crippen LogP contribution in [-0.2, 0) is 4.74 Å². The molecule has 0 aliphatic rings. The number of nitrogens with zero attached hydrogens (tertiary/aromatic N) is 1. The molecule has 0 aromatic rings. The number of ether oxygens (including phenoxy) is 1. The number of hydrogen-bond donors (Lipinski definition) is 1. The molecule has 0 fully saturated rings. The van der Waals surface area contributed by atoms with Crippen LogP contribution in [0, 0.1) is 0 Å². The van der Waals surface area contributed by atoms with E-state index < -0.39 is 0 Å². The summed E-state index contributed by atoms with van der Waals surface area (Å²) in [4.78, 5) is 2.34. The third-order valence-electron chi connectivity index (χ3n) is 2.67. The van der Waals surface area contributed by atoms with Gasteiger partial charge < -0.3 is 15.4 Å². The molecule has 0 rings (SSSR count). The third-order valence-corrected chi connectivity index (χ3v) is 2.67. The molecule has 3 heteroatoms. The summed E-state index contributed by atoms with van der Waals surface area (Å²) in [6.45, 7) is 6.20. The van der Waals surface area contributed by atoms with E-state index in [0.29, 0.717) is 6.04 Å². The average molecular weight is 202 g/mol. The summed E-state index contributed by atoms with van der Waals surface area (Å²) in [5.74, 6) is 0. The molecule has 0 radical (unpaired) electrons. The van der Waals surface area contributed by atoms with E-state index in [1.54, 1.807) is 7.11 Å². The second-order valence-corrected chi connectivity index (χ2v) is 4.12. The Balaban J connectivity index is 3.63. The molecule has 0 bridgehead atoms. The Labute approximate surface area is 88.6 Å². The highest BCUT2D eigenvalue weighted by atomic mass is 16.5. The maximum Gasteiger partial charge on any atom is 0.0477 e.